The highest BCUT2D eigenvalue weighted by Gasteiger charge is 2.30. The third-order valence-corrected chi connectivity index (χ3v) is 7.14. The predicted octanol–water partition coefficient (Wildman–Crippen LogP) is 2.11. The number of likely N-dealkylation sites (N-methyl/N-ethyl adjacent to an activating group) is 1. The molecule has 9 heteroatoms. The van der Waals surface area contributed by atoms with Gasteiger partial charge in [0.2, 0.25) is 5.91 Å². The molecule has 0 aliphatic carbocycles. The minimum absolute atomic E-state index is 0.0404. The molecule has 1 aromatic carbocycles. The maximum atomic E-state index is 13.3. The molecule has 5 N–H and O–H groups in total. The van der Waals surface area contributed by atoms with Crippen molar-refractivity contribution in [2.24, 2.45) is 11.7 Å². The number of carbonyl (C=O) groups is 2. The van der Waals surface area contributed by atoms with Gasteiger partial charge in [-0.05, 0) is 43.4 Å². The van der Waals surface area contributed by atoms with E-state index < -0.39 is 18.1 Å². The summed E-state index contributed by atoms with van der Waals surface area (Å²) in [5.74, 6) is 0.389. The Kier molecular flexibility index (Phi) is 14.8. The first-order chi connectivity index (χ1) is 15.7. The molecule has 0 aliphatic rings. The van der Waals surface area contributed by atoms with Crippen molar-refractivity contribution in [2.45, 2.75) is 57.3 Å². The molecule has 1 amide bonds. The van der Waals surface area contributed by atoms with E-state index in [0.29, 0.717) is 43.4 Å². The first-order valence-corrected chi connectivity index (χ1v) is 13.6. The van der Waals surface area contributed by atoms with Crippen molar-refractivity contribution in [1.82, 2.24) is 15.5 Å². The fraction of sp³-hybridized carbons (Fsp3) is 0.667. The van der Waals surface area contributed by atoms with Gasteiger partial charge in [-0.15, -0.1) is 0 Å². The zero-order chi connectivity index (χ0) is 24.8. The minimum Gasteiger partial charge on any atom is -0.480 e. The van der Waals surface area contributed by atoms with Crippen LogP contribution in [0.1, 0.15) is 32.3 Å². The van der Waals surface area contributed by atoms with Crippen LogP contribution in [0.2, 0.25) is 0 Å². The van der Waals surface area contributed by atoms with Gasteiger partial charge in [0.25, 0.3) is 0 Å². The summed E-state index contributed by atoms with van der Waals surface area (Å²) < 4.78 is 0. The second-order valence-corrected chi connectivity index (χ2v) is 10.0. The smallest absolute Gasteiger partial charge is 0.326 e. The van der Waals surface area contributed by atoms with Crippen molar-refractivity contribution in [3.63, 3.8) is 0 Å². The number of amides is 1. The van der Waals surface area contributed by atoms with Crippen LogP contribution in [-0.4, -0.2) is 83.9 Å². The van der Waals surface area contributed by atoms with Gasteiger partial charge in [-0.25, -0.2) is 4.79 Å². The Hall–Kier alpha value is -1.26. The quantitative estimate of drug-likeness (QED) is 0.209. The highest BCUT2D eigenvalue weighted by atomic mass is 32.2. The summed E-state index contributed by atoms with van der Waals surface area (Å²) in [6.45, 7) is 5.63. The van der Waals surface area contributed by atoms with Gasteiger partial charge in [-0.1, -0.05) is 50.6 Å². The lowest BCUT2D eigenvalue weighted by atomic mass is 9.96. The molecule has 0 saturated carbocycles. The lowest BCUT2D eigenvalue weighted by Gasteiger charge is -2.34. The zero-order valence-electron chi connectivity index (χ0n) is 20.4. The highest BCUT2D eigenvalue weighted by Crippen LogP contribution is 2.14. The Morgan fingerprint density at radius 1 is 1.27 bits per heavy atom. The fourth-order valence-corrected chi connectivity index (χ4v) is 4.18. The zero-order valence-corrected chi connectivity index (χ0v) is 22.1. The average Bonchev–Trinajstić information content (AvgIpc) is 2.82. The van der Waals surface area contributed by atoms with Crippen LogP contribution in [0.3, 0.4) is 0 Å². The molecular formula is C24H42N4O3S2. The summed E-state index contributed by atoms with van der Waals surface area (Å²) >= 11 is 5.84. The lowest BCUT2D eigenvalue weighted by molar-refractivity contribution is -0.142. The van der Waals surface area contributed by atoms with Crippen LogP contribution in [0, 0.1) is 5.92 Å². The maximum Gasteiger partial charge on any atom is 0.326 e. The summed E-state index contributed by atoms with van der Waals surface area (Å²) in [6.07, 6.45) is 3.81. The van der Waals surface area contributed by atoms with Gasteiger partial charge in [-0.2, -0.15) is 24.4 Å². The SMILES string of the molecule is CC[C@H](C)[C@@H](CN(C)[C@@H](Cc1ccccc1)C(=O)N[C@@H](CCSC)C(=O)O)NC[C@@H](N)CS. The monoisotopic (exact) mass is 498 g/mol. The van der Waals surface area contributed by atoms with Crippen molar-refractivity contribution < 1.29 is 14.7 Å². The van der Waals surface area contributed by atoms with E-state index in [1.165, 1.54) is 0 Å². The largest absolute Gasteiger partial charge is 0.480 e. The molecule has 1 rings (SSSR count). The third-order valence-electron chi connectivity index (χ3n) is 6.02. The number of carboxylic acids is 1. The first kappa shape index (κ1) is 29.8. The van der Waals surface area contributed by atoms with Gasteiger partial charge in [-0.3, -0.25) is 9.69 Å². The number of nitrogens with one attached hydrogen (secondary N) is 2. The molecule has 0 bridgehead atoms. The number of thiol groups is 1. The summed E-state index contributed by atoms with van der Waals surface area (Å²) in [4.78, 5) is 27.1. The maximum absolute atomic E-state index is 13.3. The molecule has 188 valence electrons. The van der Waals surface area contributed by atoms with E-state index in [4.69, 9.17) is 5.73 Å². The topological polar surface area (TPSA) is 108 Å². The van der Waals surface area contributed by atoms with E-state index in [1.54, 1.807) is 11.8 Å². The molecule has 0 unspecified atom stereocenters. The Labute approximate surface area is 209 Å². The number of thioether (sulfide) groups is 1. The highest BCUT2D eigenvalue weighted by molar-refractivity contribution is 7.98. The summed E-state index contributed by atoms with van der Waals surface area (Å²) in [7, 11) is 1.93. The fourth-order valence-electron chi connectivity index (χ4n) is 3.58. The number of hydrogen-bond acceptors (Lipinski definition) is 7. The molecule has 0 aromatic heterocycles. The van der Waals surface area contributed by atoms with Gasteiger partial charge >= 0.3 is 5.97 Å². The molecule has 0 saturated heterocycles. The lowest BCUT2D eigenvalue weighted by Crippen LogP contribution is -2.55. The van der Waals surface area contributed by atoms with E-state index in [1.807, 2.05) is 48.5 Å². The molecule has 1 aromatic rings. The Balaban J connectivity index is 3.04. The second-order valence-electron chi connectivity index (χ2n) is 8.67. The van der Waals surface area contributed by atoms with Crippen LogP contribution < -0.4 is 16.4 Å². The number of benzene rings is 1. The van der Waals surface area contributed by atoms with Gasteiger partial charge in [0.15, 0.2) is 0 Å². The molecule has 5 atom stereocenters. The van der Waals surface area contributed by atoms with Crippen molar-refractivity contribution >= 4 is 36.3 Å². The van der Waals surface area contributed by atoms with E-state index in [0.717, 1.165) is 12.0 Å². The number of rotatable bonds is 17. The molecule has 0 fully saturated rings. The second kappa shape index (κ2) is 16.4. The molecular weight excluding hydrogens is 456 g/mol. The van der Waals surface area contributed by atoms with Gasteiger partial charge in [0.05, 0.1) is 6.04 Å². The summed E-state index contributed by atoms with van der Waals surface area (Å²) in [6, 6.07) is 8.54. The average molecular weight is 499 g/mol. The number of nitrogens with zero attached hydrogens (tertiary/aromatic N) is 1. The van der Waals surface area contributed by atoms with E-state index >= 15 is 0 Å². The number of carbonyl (C=O) groups excluding carboxylic acids is 1. The molecule has 0 spiro atoms. The van der Waals surface area contributed by atoms with Crippen LogP contribution in [0.25, 0.3) is 0 Å². The molecule has 0 radical (unpaired) electrons. The predicted molar refractivity (Wildman–Crippen MR) is 142 cm³/mol. The van der Waals surface area contributed by atoms with Crippen molar-refractivity contribution in [2.75, 3.05) is 37.9 Å². The van der Waals surface area contributed by atoms with Crippen LogP contribution in [0.5, 0.6) is 0 Å². The molecule has 7 nitrogen and oxygen atoms in total. The van der Waals surface area contributed by atoms with Crippen LogP contribution in [0.4, 0.5) is 0 Å². The van der Waals surface area contributed by atoms with Gasteiger partial charge in [0, 0.05) is 30.9 Å². The van der Waals surface area contributed by atoms with Gasteiger partial charge < -0.3 is 21.5 Å². The van der Waals surface area contributed by atoms with Gasteiger partial charge in [0.1, 0.15) is 6.04 Å². The molecule has 0 aliphatic heterocycles. The van der Waals surface area contributed by atoms with Crippen LogP contribution in [-0.2, 0) is 16.0 Å². The van der Waals surface area contributed by atoms with E-state index in [2.05, 4.69) is 37.1 Å². The standard InChI is InChI=1S/C24H42N4O3S2/c1-5-17(2)21(26-14-19(25)16-32)15-28(3)22(13-18-9-7-6-8-10-18)23(29)27-20(24(30)31)11-12-33-4/h6-10,17,19-22,26,32H,5,11-16,25H2,1-4H3,(H,27,29)(H,30,31)/t17-,19+,20-,21+,22-/m0/s1. The Bertz CT molecular complexity index is 696. The number of hydrogen-bond donors (Lipinski definition) is 5. The number of carboxylic acid groups (broad SMARTS) is 1. The normalized spacial score (nSPS) is 16.1. The van der Waals surface area contributed by atoms with Crippen molar-refractivity contribution in [1.29, 1.82) is 0 Å². The van der Waals surface area contributed by atoms with E-state index in [-0.39, 0.29) is 18.0 Å². The van der Waals surface area contributed by atoms with Crippen LogP contribution >= 0.6 is 24.4 Å². The molecule has 0 heterocycles. The molecule has 33 heavy (non-hydrogen) atoms. The Morgan fingerprint density at radius 2 is 1.94 bits per heavy atom. The first-order valence-electron chi connectivity index (χ1n) is 11.6. The Morgan fingerprint density at radius 3 is 2.48 bits per heavy atom. The summed E-state index contributed by atoms with van der Waals surface area (Å²) in [5.41, 5.74) is 7.09. The van der Waals surface area contributed by atoms with E-state index in [9.17, 15) is 14.7 Å². The van der Waals surface area contributed by atoms with Crippen molar-refractivity contribution in [3.8, 4) is 0 Å². The minimum atomic E-state index is -1.00. The number of aliphatic carboxylic acids is 1. The van der Waals surface area contributed by atoms with Crippen molar-refractivity contribution in [3.05, 3.63) is 35.9 Å². The third kappa shape index (κ3) is 11.1. The summed E-state index contributed by atoms with van der Waals surface area (Å²) in [5, 5.41) is 15.9. The number of nitrogens with two attached hydrogens (primary N) is 1. The van der Waals surface area contributed by atoms with Crippen LogP contribution in [0.15, 0.2) is 30.3 Å².